The number of fused-ring (bicyclic) bond motifs is 2. The molecule has 4 heterocycles. The highest BCUT2D eigenvalue weighted by Gasteiger charge is 2.25. The van der Waals surface area contributed by atoms with Crippen molar-refractivity contribution >= 4 is 17.1 Å². The van der Waals surface area contributed by atoms with Gasteiger partial charge < -0.3 is 4.74 Å². The molecule has 0 N–H and O–H groups in total. The summed E-state index contributed by atoms with van der Waals surface area (Å²) in [7, 11) is 0. The highest BCUT2D eigenvalue weighted by Crippen LogP contribution is 2.26. The molecule has 146 valence electrons. The van der Waals surface area contributed by atoms with Crippen molar-refractivity contribution in [3.05, 3.63) is 63.1 Å². The number of benzene rings is 1. The van der Waals surface area contributed by atoms with Crippen molar-refractivity contribution in [3.8, 4) is 0 Å². The second kappa shape index (κ2) is 7.31. The number of hydrogen-bond donors (Lipinski definition) is 0. The molecule has 5 rings (SSSR count). The first-order valence-electron chi connectivity index (χ1n) is 9.71. The molecule has 0 aliphatic carbocycles. The molecule has 0 radical (unpaired) electrons. The molecule has 1 fully saturated rings. The van der Waals surface area contributed by atoms with Gasteiger partial charge in [0.1, 0.15) is 11.6 Å². The van der Waals surface area contributed by atoms with Gasteiger partial charge >= 0.3 is 0 Å². The van der Waals surface area contributed by atoms with Crippen LogP contribution in [0.3, 0.4) is 0 Å². The molecule has 0 saturated carbocycles. The van der Waals surface area contributed by atoms with Crippen LogP contribution >= 0.6 is 11.6 Å². The molecule has 1 saturated heterocycles. The zero-order chi connectivity index (χ0) is 19.1. The molecular weight excluding hydrogens is 378 g/mol. The number of imidazole rings is 1. The lowest BCUT2D eigenvalue weighted by molar-refractivity contribution is 0.0832. The molecule has 3 aromatic rings. The molecule has 0 atom stereocenters. The number of hydrogen-bond acceptors (Lipinski definition) is 5. The Hall–Kier alpha value is -2.22. The minimum Gasteiger partial charge on any atom is -0.381 e. The van der Waals surface area contributed by atoms with Crippen molar-refractivity contribution in [2.45, 2.75) is 38.4 Å². The Morgan fingerprint density at radius 1 is 1.14 bits per heavy atom. The number of aromatic nitrogens is 4. The van der Waals surface area contributed by atoms with E-state index in [9.17, 15) is 4.79 Å². The Balaban J connectivity index is 1.45. The maximum absolute atomic E-state index is 13.0. The van der Waals surface area contributed by atoms with Crippen molar-refractivity contribution in [1.29, 1.82) is 0 Å². The van der Waals surface area contributed by atoms with Crippen LogP contribution in [0.1, 0.15) is 36.0 Å². The van der Waals surface area contributed by atoms with Gasteiger partial charge in [0.25, 0.3) is 5.56 Å². The van der Waals surface area contributed by atoms with Gasteiger partial charge in [0, 0.05) is 43.8 Å². The van der Waals surface area contributed by atoms with Crippen LogP contribution in [0.5, 0.6) is 0 Å². The quantitative estimate of drug-likeness (QED) is 0.677. The first-order chi connectivity index (χ1) is 13.7. The van der Waals surface area contributed by atoms with Gasteiger partial charge in [-0.3, -0.25) is 14.3 Å². The predicted octanol–water partition coefficient (Wildman–Crippen LogP) is 2.45. The molecule has 0 unspecified atom stereocenters. The van der Waals surface area contributed by atoms with Crippen LogP contribution in [-0.2, 0) is 24.4 Å². The monoisotopic (exact) mass is 399 g/mol. The molecule has 1 aromatic carbocycles. The standard InChI is InChI=1S/C20H22ClN5O2/c21-16-3-1-14(2-4-16)12-24-7-8-25-18(13-24)23-26-17(20(25)27)11-22-19(26)15-5-9-28-10-6-15/h1-4,11,15H,5-10,12-13H2. The summed E-state index contributed by atoms with van der Waals surface area (Å²) in [4.78, 5) is 19.8. The number of halogens is 1. The third-order valence-electron chi connectivity index (χ3n) is 5.67. The van der Waals surface area contributed by atoms with Crippen LogP contribution < -0.4 is 5.56 Å². The van der Waals surface area contributed by atoms with E-state index >= 15 is 0 Å². The Kier molecular flexibility index (Phi) is 4.66. The number of ether oxygens (including phenoxy) is 1. The van der Waals surface area contributed by atoms with E-state index in [4.69, 9.17) is 21.4 Å². The SMILES string of the molecule is O=c1c2cnc(C3CCOCC3)n2nc2n1CCN(Cc1ccc(Cl)cc1)C2. The van der Waals surface area contributed by atoms with Gasteiger partial charge in [-0.15, -0.1) is 0 Å². The van der Waals surface area contributed by atoms with Crippen molar-refractivity contribution < 1.29 is 4.74 Å². The molecule has 28 heavy (non-hydrogen) atoms. The summed E-state index contributed by atoms with van der Waals surface area (Å²) in [5, 5.41) is 5.57. The van der Waals surface area contributed by atoms with Crippen LogP contribution in [0.4, 0.5) is 0 Å². The van der Waals surface area contributed by atoms with Crippen molar-refractivity contribution in [1.82, 2.24) is 24.1 Å². The minimum atomic E-state index is 0.00181. The molecule has 2 aliphatic heterocycles. The van der Waals surface area contributed by atoms with E-state index in [1.807, 2.05) is 24.3 Å². The maximum Gasteiger partial charge on any atom is 0.279 e. The van der Waals surface area contributed by atoms with E-state index in [1.54, 1.807) is 15.3 Å². The van der Waals surface area contributed by atoms with E-state index in [0.29, 0.717) is 24.5 Å². The van der Waals surface area contributed by atoms with E-state index in [2.05, 4.69) is 9.88 Å². The van der Waals surface area contributed by atoms with Crippen LogP contribution in [0.2, 0.25) is 5.02 Å². The summed E-state index contributed by atoms with van der Waals surface area (Å²) in [6.07, 6.45) is 3.51. The molecule has 2 aromatic heterocycles. The average molecular weight is 400 g/mol. The summed E-state index contributed by atoms with van der Waals surface area (Å²) in [5.41, 5.74) is 1.77. The van der Waals surface area contributed by atoms with Gasteiger partial charge in [-0.1, -0.05) is 23.7 Å². The summed E-state index contributed by atoms with van der Waals surface area (Å²) in [5.74, 6) is 1.97. The zero-order valence-electron chi connectivity index (χ0n) is 15.6. The Morgan fingerprint density at radius 2 is 1.93 bits per heavy atom. The third-order valence-corrected chi connectivity index (χ3v) is 5.92. The minimum absolute atomic E-state index is 0.00181. The van der Waals surface area contributed by atoms with E-state index in [0.717, 1.165) is 55.8 Å². The highest BCUT2D eigenvalue weighted by atomic mass is 35.5. The Labute approximate surface area is 167 Å². The second-order valence-corrected chi connectivity index (χ2v) is 7.95. The lowest BCUT2D eigenvalue weighted by Crippen LogP contribution is -2.40. The molecule has 0 amide bonds. The maximum atomic E-state index is 13.0. The van der Waals surface area contributed by atoms with E-state index in [1.165, 1.54) is 5.56 Å². The third kappa shape index (κ3) is 3.23. The smallest absolute Gasteiger partial charge is 0.279 e. The Bertz CT molecular complexity index is 1050. The fourth-order valence-corrected chi connectivity index (χ4v) is 4.25. The molecule has 2 aliphatic rings. The molecule has 0 spiro atoms. The van der Waals surface area contributed by atoms with E-state index < -0.39 is 0 Å². The number of nitrogens with zero attached hydrogens (tertiary/aromatic N) is 5. The summed E-state index contributed by atoms with van der Waals surface area (Å²) < 4.78 is 9.03. The molecular formula is C20H22ClN5O2. The fourth-order valence-electron chi connectivity index (χ4n) is 4.12. The Morgan fingerprint density at radius 3 is 2.71 bits per heavy atom. The zero-order valence-corrected chi connectivity index (χ0v) is 16.3. The molecule has 7 nitrogen and oxygen atoms in total. The van der Waals surface area contributed by atoms with Gasteiger partial charge in [-0.25, -0.2) is 9.50 Å². The summed E-state index contributed by atoms with van der Waals surface area (Å²) in [6, 6.07) is 7.90. The topological polar surface area (TPSA) is 64.7 Å². The first-order valence-corrected chi connectivity index (χ1v) is 10.1. The van der Waals surface area contributed by atoms with Crippen LogP contribution in [0, 0.1) is 0 Å². The van der Waals surface area contributed by atoms with Crippen LogP contribution in [0.15, 0.2) is 35.3 Å². The van der Waals surface area contributed by atoms with Crippen LogP contribution in [0.25, 0.3) is 5.52 Å². The molecule has 0 bridgehead atoms. The lowest BCUT2D eigenvalue weighted by Gasteiger charge is -2.29. The van der Waals surface area contributed by atoms with Gasteiger partial charge in [-0.05, 0) is 30.5 Å². The van der Waals surface area contributed by atoms with Gasteiger partial charge in [0.2, 0.25) is 0 Å². The van der Waals surface area contributed by atoms with Gasteiger partial charge in [0.05, 0.1) is 12.7 Å². The summed E-state index contributed by atoms with van der Waals surface area (Å²) >= 11 is 5.98. The fraction of sp³-hybridized carbons (Fsp3) is 0.450. The summed E-state index contributed by atoms with van der Waals surface area (Å²) in [6.45, 7) is 4.37. The number of rotatable bonds is 3. The van der Waals surface area contributed by atoms with Crippen molar-refractivity contribution in [3.63, 3.8) is 0 Å². The van der Waals surface area contributed by atoms with Gasteiger partial charge in [-0.2, -0.15) is 5.10 Å². The first kappa shape index (κ1) is 17.8. The second-order valence-electron chi connectivity index (χ2n) is 7.51. The normalized spacial score (nSPS) is 18.5. The van der Waals surface area contributed by atoms with Crippen molar-refractivity contribution in [2.75, 3.05) is 19.8 Å². The van der Waals surface area contributed by atoms with Gasteiger partial charge in [0.15, 0.2) is 5.52 Å². The highest BCUT2D eigenvalue weighted by molar-refractivity contribution is 6.30. The van der Waals surface area contributed by atoms with Crippen molar-refractivity contribution in [2.24, 2.45) is 0 Å². The average Bonchev–Trinajstić information content (AvgIpc) is 3.14. The lowest BCUT2D eigenvalue weighted by atomic mass is 10.00. The van der Waals surface area contributed by atoms with E-state index in [-0.39, 0.29) is 5.56 Å². The largest absolute Gasteiger partial charge is 0.381 e. The predicted molar refractivity (Wildman–Crippen MR) is 106 cm³/mol. The molecule has 8 heteroatoms. The van der Waals surface area contributed by atoms with Crippen LogP contribution in [-0.4, -0.2) is 43.8 Å².